The Kier molecular flexibility index (Phi) is 5.41. The SMILES string of the molecule is C=C(c1cc(F)c(Br)cc1Cc1ccc(S(N)(=O)=O)cc1)C(F)(F)F. The van der Waals surface area contributed by atoms with E-state index in [0.717, 1.165) is 6.07 Å². The second-order valence-corrected chi connectivity index (χ2v) is 7.68. The lowest BCUT2D eigenvalue weighted by molar-refractivity contribution is -0.0687. The molecule has 3 nitrogen and oxygen atoms in total. The number of halogens is 5. The lowest BCUT2D eigenvalue weighted by atomic mass is 9.95. The molecule has 0 bridgehead atoms. The van der Waals surface area contributed by atoms with Gasteiger partial charge in [0.2, 0.25) is 10.0 Å². The van der Waals surface area contributed by atoms with Gasteiger partial charge in [-0.1, -0.05) is 18.7 Å². The maximum atomic E-state index is 13.7. The van der Waals surface area contributed by atoms with Crippen LogP contribution >= 0.6 is 15.9 Å². The molecule has 0 aliphatic carbocycles. The molecule has 0 saturated carbocycles. The van der Waals surface area contributed by atoms with Crippen molar-refractivity contribution in [3.05, 3.63) is 70.0 Å². The molecule has 25 heavy (non-hydrogen) atoms. The zero-order chi connectivity index (χ0) is 19.0. The number of sulfonamides is 1. The minimum Gasteiger partial charge on any atom is -0.225 e. The zero-order valence-electron chi connectivity index (χ0n) is 12.6. The first-order valence-corrected chi connectivity index (χ1v) is 9.09. The predicted molar refractivity (Wildman–Crippen MR) is 89.8 cm³/mol. The fourth-order valence-electron chi connectivity index (χ4n) is 2.18. The maximum Gasteiger partial charge on any atom is 0.416 e. The monoisotopic (exact) mass is 437 g/mol. The van der Waals surface area contributed by atoms with Crippen molar-refractivity contribution in [3.8, 4) is 0 Å². The van der Waals surface area contributed by atoms with E-state index in [0.29, 0.717) is 5.56 Å². The van der Waals surface area contributed by atoms with Crippen LogP contribution < -0.4 is 5.14 Å². The van der Waals surface area contributed by atoms with Crippen LogP contribution in [0.3, 0.4) is 0 Å². The van der Waals surface area contributed by atoms with Gasteiger partial charge in [0.1, 0.15) is 5.82 Å². The van der Waals surface area contributed by atoms with Gasteiger partial charge < -0.3 is 0 Å². The normalized spacial score (nSPS) is 12.2. The minimum atomic E-state index is -4.70. The molecule has 2 aromatic carbocycles. The van der Waals surface area contributed by atoms with Gasteiger partial charge in [-0.3, -0.25) is 0 Å². The summed E-state index contributed by atoms with van der Waals surface area (Å²) < 4.78 is 75.0. The molecule has 2 aromatic rings. The number of allylic oxidation sites excluding steroid dienone is 1. The van der Waals surface area contributed by atoms with Crippen molar-refractivity contribution in [3.63, 3.8) is 0 Å². The molecule has 134 valence electrons. The molecule has 0 saturated heterocycles. The molecular formula is C16H12BrF4NO2S. The summed E-state index contributed by atoms with van der Waals surface area (Å²) in [5.74, 6) is -0.839. The first-order valence-electron chi connectivity index (χ1n) is 6.75. The Balaban J connectivity index is 2.45. The molecule has 0 atom stereocenters. The van der Waals surface area contributed by atoms with Crippen LogP contribution in [0.4, 0.5) is 17.6 Å². The summed E-state index contributed by atoms with van der Waals surface area (Å²) in [6.45, 7) is 3.01. The van der Waals surface area contributed by atoms with Crippen LogP contribution in [0.1, 0.15) is 16.7 Å². The van der Waals surface area contributed by atoms with Crippen LogP contribution in [0.5, 0.6) is 0 Å². The third kappa shape index (κ3) is 4.68. The summed E-state index contributed by atoms with van der Waals surface area (Å²) in [7, 11) is -3.87. The summed E-state index contributed by atoms with van der Waals surface area (Å²) in [5.41, 5.74) is -0.792. The molecule has 0 aliphatic rings. The molecule has 0 amide bonds. The fourth-order valence-corrected chi connectivity index (χ4v) is 3.09. The Morgan fingerprint density at radius 3 is 2.20 bits per heavy atom. The minimum absolute atomic E-state index is 0.0161. The molecular weight excluding hydrogens is 426 g/mol. The van der Waals surface area contributed by atoms with Gasteiger partial charge in [0.15, 0.2) is 0 Å². The molecule has 0 radical (unpaired) electrons. The highest BCUT2D eigenvalue weighted by Gasteiger charge is 2.34. The number of benzene rings is 2. The van der Waals surface area contributed by atoms with Gasteiger partial charge in [-0.05, 0) is 63.3 Å². The number of primary sulfonamides is 1. The zero-order valence-corrected chi connectivity index (χ0v) is 15.0. The summed E-state index contributed by atoms with van der Waals surface area (Å²) in [5, 5.41) is 5.00. The lowest BCUT2D eigenvalue weighted by Crippen LogP contribution is -2.12. The third-order valence-corrected chi connectivity index (χ3v) is 5.00. The van der Waals surface area contributed by atoms with Crippen LogP contribution in [0.2, 0.25) is 0 Å². The number of hydrogen-bond acceptors (Lipinski definition) is 2. The first kappa shape index (κ1) is 19.6. The van der Waals surface area contributed by atoms with Crippen molar-refractivity contribution in [2.45, 2.75) is 17.5 Å². The summed E-state index contributed by atoms with van der Waals surface area (Å²) >= 11 is 2.95. The Labute approximate surface area is 150 Å². The lowest BCUT2D eigenvalue weighted by Gasteiger charge is -2.16. The summed E-state index contributed by atoms with van der Waals surface area (Å²) in [6.07, 6.45) is -4.68. The summed E-state index contributed by atoms with van der Waals surface area (Å²) in [4.78, 5) is -0.114. The highest BCUT2D eigenvalue weighted by Crippen LogP contribution is 2.36. The molecule has 9 heteroatoms. The Hall–Kier alpha value is -1.71. The molecule has 0 unspecified atom stereocenters. The van der Waals surface area contributed by atoms with Crippen LogP contribution in [0, 0.1) is 5.82 Å². The highest BCUT2D eigenvalue weighted by molar-refractivity contribution is 9.10. The maximum absolute atomic E-state index is 13.7. The van der Waals surface area contributed by atoms with E-state index in [9.17, 15) is 26.0 Å². The molecule has 0 fully saturated rings. The molecule has 0 spiro atoms. The standard InChI is InChI=1S/C16H12BrF4NO2S/c1-9(16(19,20)21)13-8-15(18)14(17)7-11(13)6-10-2-4-12(5-3-10)25(22,23)24/h2-5,7-8H,1,6H2,(H2,22,23,24). The average Bonchev–Trinajstić information content (AvgIpc) is 2.48. The van der Waals surface area contributed by atoms with Crippen LogP contribution in [0.15, 0.2) is 52.3 Å². The Morgan fingerprint density at radius 2 is 1.72 bits per heavy atom. The van der Waals surface area contributed by atoms with E-state index in [1.54, 1.807) is 0 Å². The molecule has 0 aromatic heterocycles. The van der Waals surface area contributed by atoms with Crippen molar-refractivity contribution >= 4 is 31.5 Å². The quantitative estimate of drug-likeness (QED) is 0.720. The van der Waals surface area contributed by atoms with Crippen molar-refractivity contribution < 1.29 is 26.0 Å². The van der Waals surface area contributed by atoms with E-state index in [4.69, 9.17) is 5.14 Å². The van der Waals surface area contributed by atoms with Gasteiger partial charge in [-0.15, -0.1) is 0 Å². The fraction of sp³-hybridized carbons (Fsp3) is 0.125. The van der Waals surface area contributed by atoms with E-state index in [1.807, 2.05) is 0 Å². The largest absolute Gasteiger partial charge is 0.416 e. The smallest absolute Gasteiger partial charge is 0.225 e. The third-order valence-electron chi connectivity index (χ3n) is 3.46. The molecule has 0 heterocycles. The number of rotatable bonds is 4. The highest BCUT2D eigenvalue weighted by atomic mass is 79.9. The number of hydrogen-bond donors (Lipinski definition) is 1. The van der Waals surface area contributed by atoms with Gasteiger partial charge in [0.05, 0.1) is 14.9 Å². The summed E-state index contributed by atoms with van der Waals surface area (Å²) in [6, 6.07) is 7.38. The van der Waals surface area contributed by atoms with Crippen molar-refractivity contribution in [2.75, 3.05) is 0 Å². The Morgan fingerprint density at radius 1 is 1.16 bits per heavy atom. The second kappa shape index (κ2) is 6.89. The topological polar surface area (TPSA) is 60.2 Å². The number of alkyl halides is 3. The average molecular weight is 438 g/mol. The number of nitrogens with two attached hydrogens (primary N) is 1. The van der Waals surface area contributed by atoms with Gasteiger partial charge >= 0.3 is 6.18 Å². The molecule has 0 aliphatic heterocycles. The molecule has 2 rings (SSSR count). The van der Waals surface area contributed by atoms with E-state index >= 15 is 0 Å². The van der Waals surface area contributed by atoms with Crippen molar-refractivity contribution in [2.24, 2.45) is 5.14 Å². The van der Waals surface area contributed by atoms with Gasteiger partial charge in [-0.25, -0.2) is 17.9 Å². The van der Waals surface area contributed by atoms with E-state index in [2.05, 4.69) is 22.5 Å². The Bertz CT molecular complexity index is 922. The van der Waals surface area contributed by atoms with Crippen LogP contribution in [0.25, 0.3) is 5.57 Å². The van der Waals surface area contributed by atoms with Crippen molar-refractivity contribution in [1.82, 2.24) is 0 Å². The first-order chi connectivity index (χ1) is 11.4. The van der Waals surface area contributed by atoms with Gasteiger partial charge in [0.25, 0.3) is 0 Å². The predicted octanol–water partition coefficient (Wildman–Crippen LogP) is 4.40. The van der Waals surface area contributed by atoms with Crippen molar-refractivity contribution in [1.29, 1.82) is 0 Å². The van der Waals surface area contributed by atoms with Gasteiger partial charge in [-0.2, -0.15) is 13.2 Å². The van der Waals surface area contributed by atoms with E-state index in [-0.39, 0.29) is 26.9 Å². The van der Waals surface area contributed by atoms with E-state index < -0.39 is 27.6 Å². The molecule has 2 N–H and O–H groups in total. The van der Waals surface area contributed by atoms with E-state index in [1.165, 1.54) is 30.3 Å². The van der Waals surface area contributed by atoms with Gasteiger partial charge in [0, 0.05) is 0 Å². The second-order valence-electron chi connectivity index (χ2n) is 5.27. The van der Waals surface area contributed by atoms with Crippen LogP contribution in [-0.4, -0.2) is 14.6 Å². The van der Waals surface area contributed by atoms with Crippen LogP contribution in [-0.2, 0) is 16.4 Å².